The quantitative estimate of drug-likeness (QED) is 0.360. The van der Waals surface area contributed by atoms with E-state index in [9.17, 15) is 9.18 Å². The molecule has 3 N–H and O–H groups in total. The lowest BCUT2D eigenvalue weighted by atomic mass is 9.98. The van der Waals surface area contributed by atoms with Crippen LogP contribution in [0.3, 0.4) is 0 Å². The molecule has 4 aromatic rings. The number of halogens is 1. The van der Waals surface area contributed by atoms with Crippen LogP contribution in [0, 0.1) is 5.82 Å². The highest BCUT2D eigenvalue weighted by Gasteiger charge is 2.32. The number of H-pyrrole nitrogens is 1. The van der Waals surface area contributed by atoms with Crippen molar-refractivity contribution in [3.63, 3.8) is 0 Å². The van der Waals surface area contributed by atoms with Gasteiger partial charge in [-0.25, -0.2) is 9.37 Å². The fourth-order valence-corrected chi connectivity index (χ4v) is 4.43. The van der Waals surface area contributed by atoms with Gasteiger partial charge in [0.1, 0.15) is 0 Å². The third kappa shape index (κ3) is 3.87. The predicted molar refractivity (Wildman–Crippen MR) is 132 cm³/mol. The monoisotopic (exact) mass is 475 g/mol. The Morgan fingerprint density at radius 2 is 2.03 bits per heavy atom. The van der Waals surface area contributed by atoms with E-state index >= 15 is 0 Å². The molecule has 1 aliphatic rings. The normalized spacial score (nSPS) is 16.0. The Morgan fingerprint density at radius 1 is 1.20 bits per heavy atom. The average Bonchev–Trinajstić information content (AvgIpc) is 3.25. The van der Waals surface area contributed by atoms with Gasteiger partial charge in [0.25, 0.3) is 5.91 Å². The molecule has 180 valence electrons. The Kier molecular flexibility index (Phi) is 5.86. The largest absolute Gasteiger partial charge is 0.492 e. The van der Waals surface area contributed by atoms with Crippen molar-refractivity contribution in [2.75, 3.05) is 26.1 Å². The number of anilines is 2. The predicted octanol–water partition coefficient (Wildman–Crippen LogP) is 5.07. The first-order valence-corrected chi connectivity index (χ1v) is 11.3. The molecule has 2 atom stereocenters. The number of benzene rings is 1. The van der Waals surface area contributed by atoms with Crippen LogP contribution in [0.2, 0.25) is 0 Å². The van der Waals surface area contributed by atoms with Gasteiger partial charge >= 0.3 is 0 Å². The van der Waals surface area contributed by atoms with Crippen LogP contribution < -0.4 is 15.4 Å². The van der Waals surface area contributed by atoms with Crippen LogP contribution in [-0.2, 0) is 4.74 Å². The number of hydrogen-bond donors (Lipinski definition) is 3. The molecule has 1 amide bonds. The van der Waals surface area contributed by atoms with E-state index in [0.717, 1.165) is 17.0 Å². The lowest BCUT2D eigenvalue weighted by Crippen LogP contribution is -2.33. The second-order valence-corrected chi connectivity index (χ2v) is 8.56. The summed E-state index contributed by atoms with van der Waals surface area (Å²) in [5.74, 6) is -0.600. The molecule has 4 heterocycles. The molecule has 0 bridgehead atoms. The zero-order valence-corrected chi connectivity index (χ0v) is 19.9. The molecule has 0 spiro atoms. The van der Waals surface area contributed by atoms with E-state index in [2.05, 4.69) is 20.6 Å². The zero-order valence-electron chi connectivity index (χ0n) is 19.9. The number of rotatable bonds is 6. The highest BCUT2D eigenvalue weighted by atomic mass is 19.1. The van der Waals surface area contributed by atoms with E-state index in [1.165, 1.54) is 13.2 Å². The maximum atomic E-state index is 14.5. The number of methoxy groups -OCH3 is 2. The van der Waals surface area contributed by atoms with Crippen LogP contribution in [0.15, 0.2) is 42.6 Å². The maximum Gasteiger partial charge on any atom is 0.255 e. The third-order valence-corrected chi connectivity index (χ3v) is 6.39. The van der Waals surface area contributed by atoms with Crippen molar-refractivity contribution < 1.29 is 18.7 Å². The Morgan fingerprint density at radius 3 is 2.80 bits per heavy atom. The van der Waals surface area contributed by atoms with Gasteiger partial charge in [-0.15, -0.1) is 0 Å². The number of carbonyl (C=O) groups excluding carboxylic acids is 1. The summed E-state index contributed by atoms with van der Waals surface area (Å²) >= 11 is 0. The molecular formula is C26H26FN5O3. The first-order chi connectivity index (χ1) is 16.9. The number of amides is 1. The van der Waals surface area contributed by atoms with Crippen molar-refractivity contribution in [2.45, 2.75) is 25.9 Å². The number of hydrogen-bond acceptors (Lipinski definition) is 6. The van der Waals surface area contributed by atoms with E-state index in [4.69, 9.17) is 14.5 Å². The van der Waals surface area contributed by atoms with Gasteiger partial charge in [-0.2, -0.15) is 0 Å². The van der Waals surface area contributed by atoms with Crippen molar-refractivity contribution in [3.05, 3.63) is 65.4 Å². The number of nitrogens with one attached hydrogen (secondary N) is 3. The standard InChI is InChI=1S/C26H26FN5O3/c1-13-12-29-26(33)20-21(13)32-23(24(20)31-19-7-5-6-16(27)25(19)35-4)15-10-11-28-18-9-8-17(14(2)34-3)30-22(15)18/h5-11,13-14,31-32H,12H2,1-4H3,(H,29,33)/t13-,14-/m0/s1. The number of fused-ring (bicyclic) bond motifs is 2. The van der Waals surface area contributed by atoms with E-state index in [0.29, 0.717) is 40.2 Å². The minimum absolute atomic E-state index is 0.0524. The molecule has 0 fully saturated rings. The molecule has 0 aliphatic carbocycles. The van der Waals surface area contributed by atoms with Gasteiger partial charge in [0.2, 0.25) is 0 Å². The first kappa shape index (κ1) is 22.8. The summed E-state index contributed by atoms with van der Waals surface area (Å²) in [7, 11) is 3.04. The second-order valence-electron chi connectivity index (χ2n) is 8.56. The number of pyridine rings is 2. The Labute approximate surface area is 201 Å². The molecule has 0 saturated carbocycles. The number of carbonyl (C=O) groups is 1. The van der Waals surface area contributed by atoms with Crippen LogP contribution in [-0.4, -0.2) is 41.6 Å². The molecule has 1 aliphatic heterocycles. The second kappa shape index (κ2) is 8.99. The molecule has 0 radical (unpaired) electrons. The Bertz CT molecular complexity index is 1430. The van der Waals surface area contributed by atoms with Crippen LogP contribution in [0.1, 0.15) is 47.6 Å². The molecule has 0 saturated heterocycles. The van der Waals surface area contributed by atoms with Crippen molar-refractivity contribution in [1.29, 1.82) is 0 Å². The maximum absolute atomic E-state index is 14.5. The lowest BCUT2D eigenvalue weighted by molar-refractivity contribution is 0.0942. The summed E-state index contributed by atoms with van der Waals surface area (Å²) < 4.78 is 25.2. The highest BCUT2D eigenvalue weighted by Crippen LogP contribution is 2.42. The van der Waals surface area contributed by atoms with E-state index < -0.39 is 5.82 Å². The SMILES string of the molecule is COc1c(F)cccc1Nc1c(-c2ccnc3ccc([C@H](C)OC)nc23)[nH]c2c1C(=O)NC[C@@H]2C. The zero-order chi connectivity index (χ0) is 24.7. The van der Waals surface area contributed by atoms with Crippen molar-refractivity contribution >= 4 is 28.3 Å². The summed E-state index contributed by atoms with van der Waals surface area (Å²) in [5, 5.41) is 6.21. The van der Waals surface area contributed by atoms with Crippen LogP contribution in [0.25, 0.3) is 22.3 Å². The summed E-state index contributed by atoms with van der Waals surface area (Å²) in [6, 6.07) is 10.3. The Hall–Kier alpha value is -3.98. The molecule has 3 aromatic heterocycles. The summed E-state index contributed by atoms with van der Waals surface area (Å²) in [6.07, 6.45) is 1.50. The van der Waals surface area contributed by atoms with Gasteiger partial charge in [0.05, 0.1) is 52.6 Å². The first-order valence-electron chi connectivity index (χ1n) is 11.3. The van der Waals surface area contributed by atoms with Gasteiger partial charge in [-0.3, -0.25) is 9.78 Å². The lowest BCUT2D eigenvalue weighted by Gasteiger charge is -2.20. The van der Waals surface area contributed by atoms with Crippen molar-refractivity contribution in [1.82, 2.24) is 20.3 Å². The highest BCUT2D eigenvalue weighted by molar-refractivity contribution is 6.08. The van der Waals surface area contributed by atoms with Crippen molar-refractivity contribution in [2.24, 2.45) is 0 Å². The van der Waals surface area contributed by atoms with Gasteiger partial charge in [-0.1, -0.05) is 13.0 Å². The minimum Gasteiger partial charge on any atom is -0.492 e. The van der Waals surface area contributed by atoms with Gasteiger partial charge < -0.3 is 25.1 Å². The van der Waals surface area contributed by atoms with Crippen LogP contribution in [0.5, 0.6) is 5.75 Å². The molecule has 5 rings (SSSR count). The fourth-order valence-electron chi connectivity index (χ4n) is 4.43. The van der Waals surface area contributed by atoms with Crippen LogP contribution >= 0.6 is 0 Å². The molecule has 1 aromatic carbocycles. The van der Waals surface area contributed by atoms with Crippen LogP contribution in [0.4, 0.5) is 15.8 Å². The van der Waals surface area contributed by atoms with Gasteiger partial charge in [-0.05, 0) is 37.3 Å². The van der Waals surface area contributed by atoms with E-state index in [1.54, 1.807) is 25.4 Å². The third-order valence-electron chi connectivity index (χ3n) is 6.39. The molecule has 35 heavy (non-hydrogen) atoms. The number of aromatic nitrogens is 3. The fraction of sp³-hybridized carbons (Fsp3) is 0.269. The van der Waals surface area contributed by atoms with Gasteiger partial charge in [0, 0.05) is 37.0 Å². The molecule has 8 nitrogen and oxygen atoms in total. The van der Waals surface area contributed by atoms with Gasteiger partial charge in [0.15, 0.2) is 11.6 Å². The number of para-hydroxylation sites is 1. The topological polar surface area (TPSA) is 101 Å². The summed E-state index contributed by atoms with van der Waals surface area (Å²) in [4.78, 5) is 25.8. The van der Waals surface area contributed by atoms with E-state index in [-0.39, 0.29) is 23.7 Å². The van der Waals surface area contributed by atoms with E-state index in [1.807, 2.05) is 32.0 Å². The smallest absolute Gasteiger partial charge is 0.255 e. The number of nitrogens with zero attached hydrogens (tertiary/aromatic N) is 2. The molecule has 0 unspecified atom stereocenters. The van der Waals surface area contributed by atoms with Crippen molar-refractivity contribution in [3.8, 4) is 17.0 Å². The molecular weight excluding hydrogens is 449 g/mol. The average molecular weight is 476 g/mol. The number of aromatic amines is 1. The summed E-state index contributed by atoms with van der Waals surface area (Å²) in [5.41, 5.74) is 5.75. The molecule has 9 heteroatoms. The Balaban J connectivity index is 1.77. The number of ether oxygens (including phenoxy) is 2. The minimum atomic E-state index is -0.504. The summed E-state index contributed by atoms with van der Waals surface area (Å²) in [6.45, 7) is 4.47.